The quantitative estimate of drug-likeness (QED) is 0.659. The highest BCUT2D eigenvalue weighted by atomic mass is 32.2. The number of carbonyl (C=O) groups excluding carboxylic acids is 1. The Morgan fingerprint density at radius 2 is 2.14 bits per heavy atom. The van der Waals surface area contributed by atoms with E-state index >= 15 is 0 Å². The molecule has 0 rings (SSSR count). The van der Waals surface area contributed by atoms with Crippen LogP contribution in [0.4, 0.5) is 0 Å². The number of ether oxygens (including phenoxy) is 1. The van der Waals surface area contributed by atoms with Crippen molar-refractivity contribution < 1.29 is 9.53 Å². The highest BCUT2D eigenvalue weighted by molar-refractivity contribution is 7.99. The number of methoxy groups -OCH3 is 1. The predicted octanol–water partition coefficient (Wildman–Crippen LogP) is 1.53. The highest BCUT2D eigenvalue weighted by Gasteiger charge is 2.12. The Kier molecular flexibility index (Phi) is 7.99. The molecule has 0 amide bonds. The molecule has 0 aliphatic carbocycles. The molecule has 84 valence electrons. The minimum atomic E-state index is -0.144. The molecule has 1 atom stereocenters. The van der Waals surface area contributed by atoms with Gasteiger partial charge < -0.3 is 10.1 Å². The van der Waals surface area contributed by atoms with Crippen LogP contribution in [0, 0.1) is 5.92 Å². The van der Waals surface area contributed by atoms with E-state index in [1.807, 2.05) is 0 Å². The van der Waals surface area contributed by atoms with Gasteiger partial charge in [-0.05, 0) is 12.5 Å². The van der Waals surface area contributed by atoms with Crippen molar-refractivity contribution in [1.29, 1.82) is 0 Å². The van der Waals surface area contributed by atoms with E-state index in [-0.39, 0.29) is 5.97 Å². The van der Waals surface area contributed by atoms with Crippen molar-refractivity contribution in [3.05, 3.63) is 0 Å². The lowest BCUT2D eigenvalue weighted by Crippen LogP contribution is -2.36. The van der Waals surface area contributed by atoms with Crippen LogP contribution in [0.15, 0.2) is 0 Å². The summed E-state index contributed by atoms with van der Waals surface area (Å²) in [6.45, 7) is 7.44. The van der Waals surface area contributed by atoms with Crippen LogP contribution in [0.25, 0.3) is 0 Å². The summed E-state index contributed by atoms with van der Waals surface area (Å²) in [7, 11) is 1.42. The molecule has 0 bridgehead atoms. The second kappa shape index (κ2) is 8.12. The fourth-order valence-electron chi connectivity index (χ4n) is 1.08. The number of rotatable bonds is 7. The average molecular weight is 219 g/mol. The number of esters is 1. The summed E-state index contributed by atoms with van der Waals surface area (Å²) < 4.78 is 4.57. The fraction of sp³-hybridized carbons (Fsp3) is 0.900. The smallest absolute Gasteiger partial charge is 0.315 e. The number of hydrogen-bond donors (Lipinski definition) is 1. The van der Waals surface area contributed by atoms with E-state index in [4.69, 9.17) is 0 Å². The summed E-state index contributed by atoms with van der Waals surface area (Å²) in [4.78, 5) is 10.9. The van der Waals surface area contributed by atoms with Gasteiger partial charge in [-0.2, -0.15) is 0 Å². The lowest BCUT2D eigenvalue weighted by molar-refractivity contribution is -0.137. The minimum Gasteiger partial charge on any atom is -0.468 e. The Morgan fingerprint density at radius 3 is 2.57 bits per heavy atom. The van der Waals surface area contributed by atoms with Gasteiger partial charge in [0, 0.05) is 11.8 Å². The summed E-state index contributed by atoms with van der Waals surface area (Å²) in [5.74, 6) is 1.86. The molecule has 0 fully saturated rings. The van der Waals surface area contributed by atoms with Crippen LogP contribution in [-0.2, 0) is 9.53 Å². The monoisotopic (exact) mass is 219 g/mol. The Bertz CT molecular complexity index is 162. The van der Waals surface area contributed by atoms with E-state index < -0.39 is 0 Å². The van der Waals surface area contributed by atoms with Crippen LogP contribution in [0.5, 0.6) is 0 Å². The molecule has 0 radical (unpaired) electrons. The van der Waals surface area contributed by atoms with E-state index in [1.54, 1.807) is 11.8 Å². The molecule has 0 spiro atoms. The van der Waals surface area contributed by atoms with Gasteiger partial charge in [-0.3, -0.25) is 4.79 Å². The third-order valence-corrected chi connectivity index (χ3v) is 3.05. The van der Waals surface area contributed by atoms with Gasteiger partial charge in [-0.1, -0.05) is 20.8 Å². The van der Waals surface area contributed by atoms with Gasteiger partial charge in [0.05, 0.1) is 12.9 Å². The largest absolute Gasteiger partial charge is 0.468 e. The molecule has 0 aromatic heterocycles. The van der Waals surface area contributed by atoms with Crippen molar-refractivity contribution in [2.75, 3.05) is 25.2 Å². The molecule has 0 saturated carbocycles. The van der Waals surface area contributed by atoms with E-state index in [2.05, 4.69) is 30.8 Å². The zero-order chi connectivity index (χ0) is 11.0. The van der Waals surface area contributed by atoms with Crippen LogP contribution in [0.2, 0.25) is 0 Å². The molecule has 4 heteroatoms. The van der Waals surface area contributed by atoms with E-state index in [1.165, 1.54) is 7.11 Å². The summed E-state index contributed by atoms with van der Waals surface area (Å²) in [5.41, 5.74) is 0. The molecular weight excluding hydrogens is 198 g/mol. The molecule has 0 aliphatic rings. The molecule has 0 aromatic carbocycles. The minimum absolute atomic E-state index is 0.144. The van der Waals surface area contributed by atoms with Gasteiger partial charge >= 0.3 is 5.97 Å². The zero-order valence-electron chi connectivity index (χ0n) is 9.50. The van der Waals surface area contributed by atoms with Crippen LogP contribution >= 0.6 is 11.8 Å². The van der Waals surface area contributed by atoms with Crippen molar-refractivity contribution in [3.8, 4) is 0 Å². The predicted molar refractivity (Wildman–Crippen MR) is 61.6 cm³/mol. The molecule has 0 aliphatic heterocycles. The van der Waals surface area contributed by atoms with Crippen molar-refractivity contribution in [2.45, 2.75) is 26.8 Å². The van der Waals surface area contributed by atoms with E-state index in [0.717, 1.165) is 12.3 Å². The van der Waals surface area contributed by atoms with Gasteiger partial charge in [0.25, 0.3) is 0 Å². The van der Waals surface area contributed by atoms with Crippen LogP contribution in [-0.4, -0.2) is 37.2 Å². The van der Waals surface area contributed by atoms with E-state index in [0.29, 0.717) is 17.7 Å². The summed E-state index contributed by atoms with van der Waals surface area (Å²) in [6, 6.07) is 0.481. The van der Waals surface area contributed by atoms with Gasteiger partial charge in [-0.25, -0.2) is 0 Å². The van der Waals surface area contributed by atoms with Crippen molar-refractivity contribution in [2.24, 2.45) is 5.92 Å². The Morgan fingerprint density at radius 1 is 1.50 bits per heavy atom. The molecule has 0 heterocycles. The second-order valence-corrected chi connectivity index (χ2v) is 4.53. The first-order valence-electron chi connectivity index (χ1n) is 4.99. The first-order chi connectivity index (χ1) is 6.61. The lowest BCUT2D eigenvalue weighted by Gasteiger charge is -2.20. The summed E-state index contributed by atoms with van der Waals surface area (Å²) in [6.07, 6.45) is 0. The Balaban J connectivity index is 3.65. The number of hydrogen-bond acceptors (Lipinski definition) is 4. The highest BCUT2D eigenvalue weighted by Crippen LogP contribution is 2.10. The zero-order valence-corrected chi connectivity index (χ0v) is 10.3. The van der Waals surface area contributed by atoms with Gasteiger partial charge in [0.15, 0.2) is 0 Å². The van der Waals surface area contributed by atoms with Gasteiger partial charge in [-0.15, -0.1) is 11.8 Å². The fourth-order valence-corrected chi connectivity index (χ4v) is 2.24. The van der Waals surface area contributed by atoms with Gasteiger partial charge in [0.1, 0.15) is 0 Å². The van der Waals surface area contributed by atoms with Crippen molar-refractivity contribution >= 4 is 17.7 Å². The maximum absolute atomic E-state index is 10.9. The molecular formula is C10H21NO2S. The Labute approximate surface area is 91.0 Å². The maximum atomic E-state index is 10.9. The molecule has 0 aromatic rings. The molecule has 0 saturated heterocycles. The molecule has 1 unspecified atom stereocenters. The number of carbonyl (C=O) groups is 1. The SMILES string of the molecule is CCNC(CSCC(=O)OC)C(C)C. The third kappa shape index (κ3) is 6.27. The van der Waals surface area contributed by atoms with Crippen LogP contribution < -0.4 is 5.32 Å². The standard InChI is InChI=1S/C10H21NO2S/c1-5-11-9(8(2)3)6-14-7-10(12)13-4/h8-9,11H,5-7H2,1-4H3. The Hall–Kier alpha value is -0.220. The molecule has 1 N–H and O–H groups in total. The van der Waals surface area contributed by atoms with E-state index in [9.17, 15) is 4.79 Å². The third-order valence-electron chi connectivity index (χ3n) is 2.02. The number of thioether (sulfide) groups is 1. The lowest BCUT2D eigenvalue weighted by atomic mass is 10.1. The second-order valence-electron chi connectivity index (χ2n) is 3.50. The first kappa shape index (κ1) is 13.8. The van der Waals surface area contributed by atoms with Crippen molar-refractivity contribution in [3.63, 3.8) is 0 Å². The topological polar surface area (TPSA) is 38.3 Å². The maximum Gasteiger partial charge on any atom is 0.315 e. The van der Waals surface area contributed by atoms with Crippen LogP contribution in [0.3, 0.4) is 0 Å². The number of nitrogens with one attached hydrogen (secondary N) is 1. The first-order valence-corrected chi connectivity index (χ1v) is 6.15. The normalized spacial score (nSPS) is 12.9. The van der Waals surface area contributed by atoms with Crippen LogP contribution in [0.1, 0.15) is 20.8 Å². The summed E-state index contributed by atoms with van der Waals surface area (Å²) >= 11 is 1.63. The van der Waals surface area contributed by atoms with Gasteiger partial charge in [0.2, 0.25) is 0 Å². The molecule has 14 heavy (non-hydrogen) atoms. The average Bonchev–Trinajstić information content (AvgIpc) is 2.16. The van der Waals surface area contributed by atoms with Crippen molar-refractivity contribution in [1.82, 2.24) is 5.32 Å². The molecule has 3 nitrogen and oxygen atoms in total. The summed E-state index contributed by atoms with van der Waals surface area (Å²) in [5, 5.41) is 3.40.